The van der Waals surface area contributed by atoms with Gasteiger partial charge >= 0.3 is 6.18 Å². The molecule has 0 aliphatic carbocycles. The minimum atomic E-state index is -4.38. The van der Waals surface area contributed by atoms with Gasteiger partial charge in [0.15, 0.2) is 0 Å². The highest BCUT2D eigenvalue weighted by Gasteiger charge is 2.38. The van der Waals surface area contributed by atoms with Crippen LogP contribution in [0, 0.1) is 5.92 Å². The second-order valence-electron chi connectivity index (χ2n) is 4.87. The maximum absolute atomic E-state index is 13.0. The smallest absolute Gasteiger partial charge is 0.378 e. The molecule has 0 bridgehead atoms. The third kappa shape index (κ3) is 3.08. The largest absolute Gasteiger partial charge is 0.416 e. The van der Waals surface area contributed by atoms with Gasteiger partial charge in [-0.25, -0.2) is 0 Å². The zero-order valence-corrected chi connectivity index (χ0v) is 10.6. The Morgan fingerprint density at radius 3 is 2.58 bits per heavy atom. The van der Waals surface area contributed by atoms with Crippen molar-refractivity contribution in [3.63, 3.8) is 0 Å². The lowest BCUT2D eigenvalue weighted by atomic mass is 9.88. The number of benzene rings is 1. The van der Waals surface area contributed by atoms with Crippen LogP contribution in [0.5, 0.6) is 0 Å². The highest BCUT2D eigenvalue weighted by Crippen LogP contribution is 2.38. The van der Waals surface area contributed by atoms with Crippen molar-refractivity contribution in [1.29, 1.82) is 0 Å². The molecule has 0 saturated carbocycles. The molecule has 3 N–H and O–H groups in total. The van der Waals surface area contributed by atoms with Crippen molar-refractivity contribution in [3.8, 4) is 0 Å². The predicted octanol–water partition coefficient (Wildman–Crippen LogP) is 2.63. The average molecular weight is 274 g/mol. The van der Waals surface area contributed by atoms with E-state index in [0.717, 1.165) is 6.07 Å². The van der Waals surface area contributed by atoms with Crippen LogP contribution in [0.3, 0.4) is 0 Å². The Kier molecular flexibility index (Phi) is 4.13. The van der Waals surface area contributed by atoms with Gasteiger partial charge in [0.05, 0.1) is 24.3 Å². The van der Waals surface area contributed by atoms with E-state index in [-0.39, 0.29) is 17.6 Å². The average Bonchev–Trinajstić information content (AvgIpc) is 2.76. The van der Waals surface area contributed by atoms with Crippen molar-refractivity contribution >= 4 is 0 Å². The van der Waals surface area contributed by atoms with Gasteiger partial charge in [-0.2, -0.15) is 13.2 Å². The lowest BCUT2D eigenvalue weighted by Gasteiger charge is -2.25. The number of rotatable bonds is 3. The predicted molar refractivity (Wildman–Crippen MR) is 65.0 cm³/mol. The Balaban J connectivity index is 2.33. The summed E-state index contributed by atoms with van der Waals surface area (Å²) in [4.78, 5) is 0. The second-order valence-corrected chi connectivity index (χ2v) is 4.87. The number of hydrogen-bond acceptors (Lipinski definition) is 3. The molecule has 6 heteroatoms. The van der Waals surface area contributed by atoms with Gasteiger partial charge in [-0.05, 0) is 25.0 Å². The van der Waals surface area contributed by atoms with Gasteiger partial charge < -0.3 is 4.74 Å². The van der Waals surface area contributed by atoms with Crippen molar-refractivity contribution < 1.29 is 17.9 Å². The van der Waals surface area contributed by atoms with Crippen molar-refractivity contribution in [2.75, 3.05) is 6.61 Å². The van der Waals surface area contributed by atoms with Crippen molar-refractivity contribution in [3.05, 3.63) is 35.4 Å². The summed E-state index contributed by atoms with van der Waals surface area (Å²) >= 11 is 0. The van der Waals surface area contributed by atoms with E-state index in [1.165, 1.54) is 12.1 Å². The molecule has 1 heterocycles. The molecular weight excluding hydrogens is 257 g/mol. The van der Waals surface area contributed by atoms with Crippen LogP contribution in [0.4, 0.5) is 13.2 Å². The first kappa shape index (κ1) is 14.3. The zero-order valence-electron chi connectivity index (χ0n) is 10.6. The number of hydrazine groups is 1. The highest BCUT2D eigenvalue weighted by atomic mass is 19.4. The van der Waals surface area contributed by atoms with Crippen LogP contribution >= 0.6 is 0 Å². The maximum atomic E-state index is 13.0. The molecule has 19 heavy (non-hydrogen) atoms. The van der Waals surface area contributed by atoms with Crippen molar-refractivity contribution in [2.24, 2.45) is 11.8 Å². The quantitative estimate of drug-likeness (QED) is 0.658. The van der Waals surface area contributed by atoms with Crippen LogP contribution in [0.2, 0.25) is 0 Å². The number of hydrogen-bond donors (Lipinski definition) is 2. The van der Waals surface area contributed by atoms with Gasteiger partial charge in [0.1, 0.15) is 0 Å². The van der Waals surface area contributed by atoms with Crippen LogP contribution in [0.1, 0.15) is 30.5 Å². The fourth-order valence-electron chi connectivity index (χ4n) is 2.59. The molecule has 1 saturated heterocycles. The van der Waals surface area contributed by atoms with E-state index < -0.39 is 17.8 Å². The third-order valence-corrected chi connectivity index (χ3v) is 3.48. The van der Waals surface area contributed by atoms with Crippen LogP contribution in [0.15, 0.2) is 24.3 Å². The van der Waals surface area contributed by atoms with E-state index in [4.69, 9.17) is 10.6 Å². The Morgan fingerprint density at radius 1 is 1.37 bits per heavy atom. The van der Waals surface area contributed by atoms with Gasteiger partial charge in [0, 0.05) is 5.92 Å². The van der Waals surface area contributed by atoms with Gasteiger partial charge in [-0.3, -0.25) is 11.3 Å². The number of ether oxygens (including phenoxy) is 1. The maximum Gasteiger partial charge on any atom is 0.416 e. The van der Waals surface area contributed by atoms with Gasteiger partial charge in [0.25, 0.3) is 0 Å². The molecule has 1 fully saturated rings. The van der Waals surface area contributed by atoms with E-state index in [0.29, 0.717) is 13.0 Å². The van der Waals surface area contributed by atoms with Crippen LogP contribution in [-0.4, -0.2) is 12.7 Å². The molecule has 3 unspecified atom stereocenters. The Hall–Kier alpha value is -1.11. The molecule has 2 rings (SSSR count). The second kappa shape index (κ2) is 5.48. The molecule has 0 aromatic heterocycles. The Bertz CT molecular complexity index is 436. The fourth-order valence-corrected chi connectivity index (χ4v) is 2.59. The summed E-state index contributed by atoms with van der Waals surface area (Å²) in [6.07, 6.45) is -3.63. The monoisotopic (exact) mass is 274 g/mol. The normalized spacial score (nSPS) is 25.5. The molecule has 3 nitrogen and oxygen atoms in total. The molecule has 0 spiro atoms. The van der Waals surface area contributed by atoms with E-state index in [1.807, 2.05) is 6.92 Å². The summed E-state index contributed by atoms with van der Waals surface area (Å²) < 4.78 is 44.4. The fraction of sp³-hybridized carbons (Fsp3) is 0.538. The number of halogens is 3. The molecular formula is C13H17F3N2O. The van der Waals surface area contributed by atoms with Gasteiger partial charge in [-0.15, -0.1) is 0 Å². The highest BCUT2D eigenvalue weighted by molar-refractivity contribution is 5.33. The Labute approximate surface area is 109 Å². The molecule has 0 radical (unpaired) electrons. The van der Waals surface area contributed by atoms with Crippen molar-refractivity contribution in [1.82, 2.24) is 5.43 Å². The first-order valence-electron chi connectivity index (χ1n) is 6.17. The van der Waals surface area contributed by atoms with Crippen LogP contribution in [-0.2, 0) is 10.9 Å². The Morgan fingerprint density at radius 2 is 2.05 bits per heavy atom. The third-order valence-electron chi connectivity index (χ3n) is 3.48. The van der Waals surface area contributed by atoms with E-state index in [9.17, 15) is 13.2 Å². The summed E-state index contributed by atoms with van der Waals surface area (Å²) in [5.41, 5.74) is 2.05. The van der Waals surface area contributed by atoms with Crippen LogP contribution in [0.25, 0.3) is 0 Å². The summed E-state index contributed by atoms with van der Waals surface area (Å²) in [6.45, 7) is 2.32. The standard InChI is InChI=1S/C13H17F3N2O/c1-8-6-9(7-19-8)12(18-17)10-4-2-3-5-11(10)13(14,15)16/h2-5,8-9,12,18H,6-7,17H2,1H3. The lowest BCUT2D eigenvalue weighted by Crippen LogP contribution is -2.35. The van der Waals surface area contributed by atoms with E-state index in [1.54, 1.807) is 6.07 Å². The van der Waals surface area contributed by atoms with Crippen LogP contribution < -0.4 is 11.3 Å². The summed E-state index contributed by atoms with van der Waals surface area (Å²) in [5.74, 6) is 5.42. The zero-order chi connectivity index (χ0) is 14.0. The lowest BCUT2D eigenvalue weighted by molar-refractivity contribution is -0.138. The molecule has 106 valence electrons. The first-order chi connectivity index (χ1) is 8.93. The molecule has 1 aliphatic heterocycles. The van der Waals surface area contributed by atoms with Crippen molar-refractivity contribution in [2.45, 2.75) is 31.7 Å². The molecule has 1 aromatic carbocycles. The van der Waals surface area contributed by atoms with E-state index >= 15 is 0 Å². The number of alkyl halides is 3. The topological polar surface area (TPSA) is 47.3 Å². The molecule has 1 aromatic rings. The summed E-state index contributed by atoms with van der Waals surface area (Å²) in [7, 11) is 0. The molecule has 0 amide bonds. The summed E-state index contributed by atoms with van der Waals surface area (Å²) in [5, 5.41) is 0. The summed E-state index contributed by atoms with van der Waals surface area (Å²) in [6, 6.07) is 4.97. The molecule has 1 aliphatic rings. The van der Waals surface area contributed by atoms with Gasteiger partial charge in [-0.1, -0.05) is 18.2 Å². The first-order valence-corrected chi connectivity index (χ1v) is 6.17. The minimum Gasteiger partial charge on any atom is -0.378 e. The minimum absolute atomic E-state index is 0.0523. The SMILES string of the molecule is CC1CC(C(NN)c2ccccc2C(F)(F)F)CO1. The van der Waals surface area contributed by atoms with Gasteiger partial charge in [0.2, 0.25) is 0 Å². The molecule has 3 atom stereocenters. The number of nitrogens with one attached hydrogen (secondary N) is 1. The van der Waals surface area contributed by atoms with E-state index in [2.05, 4.69) is 5.43 Å². The number of nitrogens with two attached hydrogens (primary N) is 1.